The van der Waals surface area contributed by atoms with Crippen LogP contribution in [-0.4, -0.2) is 59.6 Å². The largest absolute Gasteiger partial charge is 0.388 e. The molecule has 5 nitrogen and oxygen atoms in total. The number of allylic oxidation sites excluding steroid dienone is 1. The van der Waals surface area contributed by atoms with Crippen LogP contribution in [0.3, 0.4) is 0 Å². The summed E-state index contributed by atoms with van der Waals surface area (Å²) in [4.78, 5) is 0. The minimum atomic E-state index is -1.04. The van der Waals surface area contributed by atoms with Gasteiger partial charge in [0.05, 0.1) is 19.8 Å². The average Bonchev–Trinajstić information content (AvgIpc) is 2.94. The molecule has 0 aromatic carbocycles. The first-order chi connectivity index (χ1) is 12.2. The van der Waals surface area contributed by atoms with E-state index in [-0.39, 0.29) is 13.2 Å². The van der Waals surface area contributed by atoms with Gasteiger partial charge in [0.2, 0.25) is 0 Å². The summed E-state index contributed by atoms with van der Waals surface area (Å²) in [5.41, 5.74) is 0. The molecule has 1 rings (SSSR count). The fourth-order valence-electron chi connectivity index (χ4n) is 3.05. The lowest BCUT2D eigenvalue weighted by molar-refractivity contribution is -0.0806. The van der Waals surface area contributed by atoms with Gasteiger partial charge >= 0.3 is 0 Å². The molecule has 0 amide bonds. The lowest BCUT2D eigenvalue weighted by Gasteiger charge is -2.20. The van der Waals surface area contributed by atoms with Crippen molar-refractivity contribution >= 4 is 0 Å². The third-order valence-electron chi connectivity index (χ3n) is 4.68. The summed E-state index contributed by atoms with van der Waals surface area (Å²) >= 11 is 0. The van der Waals surface area contributed by atoms with Gasteiger partial charge in [-0.2, -0.15) is 0 Å². The molecule has 0 bridgehead atoms. The zero-order valence-corrected chi connectivity index (χ0v) is 15.8. The van der Waals surface area contributed by atoms with Crippen molar-refractivity contribution in [3.05, 3.63) is 12.2 Å². The third kappa shape index (κ3) is 10.3. The van der Waals surface area contributed by atoms with Crippen LogP contribution in [0.4, 0.5) is 0 Å². The number of aliphatic hydroxyl groups is 3. The molecular formula is C20H38O5. The quantitative estimate of drug-likeness (QED) is 0.310. The third-order valence-corrected chi connectivity index (χ3v) is 4.68. The topological polar surface area (TPSA) is 79.2 Å². The van der Waals surface area contributed by atoms with E-state index in [1.807, 2.05) is 0 Å². The summed E-state index contributed by atoms with van der Waals surface area (Å²) in [5.74, 6) is 0. The van der Waals surface area contributed by atoms with Crippen LogP contribution >= 0.6 is 0 Å². The van der Waals surface area contributed by atoms with E-state index in [4.69, 9.17) is 9.47 Å². The predicted octanol–water partition coefficient (Wildman–Crippen LogP) is 2.96. The summed E-state index contributed by atoms with van der Waals surface area (Å²) in [6.07, 6.45) is 13.4. The van der Waals surface area contributed by atoms with E-state index in [0.29, 0.717) is 6.61 Å². The molecule has 4 atom stereocenters. The Bertz CT molecular complexity index is 334. The van der Waals surface area contributed by atoms with Crippen LogP contribution in [0.1, 0.15) is 71.1 Å². The van der Waals surface area contributed by atoms with Gasteiger partial charge in [0.1, 0.15) is 24.4 Å². The SMILES string of the molecule is CCCCCCCCCC/C=C/CCOC[C@H](O)[C@@H]1OC[C@@H](O)[C@@H]1O. The molecule has 1 heterocycles. The summed E-state index contributed by atoms with van der Waals surface area (Å²) in [6, 6.07) is 0. The lowest BCUT2D eigenvalue weighted by Crippen LogP contribution is -2.40. The Labute approximate surface area is 153 Å². The van der Waals surface area contributed by atoms with E-state index in [1.165, 1.54) is 51.4 Å². The number of unbranched alkanes of at least 4 members (excludes halogenated alkanes) is 8. The molecule has 0 saturated carbocycles. The Hall–Kier alpha value is -0.460. The first-order valence-electron chi connectivity index (χ1n) is 10.0. The van der Waals surface area contributed by atoms with Gasteiger partial charge in [-0.05, 0) is 19.3 Å². The van der Waals surface area contributed by atoms with E-state index in [0.717, 1.165) is 12.8 Å². The van der Waals surface area contributed by atoms with Gasteiger partial charge < -0.3 is 24.8 Å². The van der Waals surface area contributed by atoms with Gasteiger partial charge in [-0.1, -0.05) is 64.0 Å². The fraction of sp³-hybridized carbons (Fsp3) is 0.900. The van der Waals surface area contributed by atoms with Gasteiger partial charge in [-0.25, -0.2) is 0 Å². The Morgan fingerprint density at radius 1 is 1.00 bits per heavy atom. The number of hydrogen-bond donors (Lipinski definition) is 3. The molecule has 0 aliphatic carbocycles. The molecule has 0 aromatic rings. The van der Waals surface area contributed by atoms with E-state index in [2.05, 4.69) is 19.1 Å². The van der Waals surface area contributed by atoms with Gasteiger partial charge in [-0.15, -0.1) is 0 Å². The molecule has 148 valence electrons. The van der Waals surface area contributed by atoms with Crippen molar-refractivity contribution in [3.63, 3.8) is 0 Å². The van der Waals surface area contributed by atoms with E-state index in [1.54, 1.807) is 0 Å². The van der Waals surface area contributed by atoms with Crippen LogP contribution in [0.2, 0.25) is 0 Å². The molecular weight excluding hydrogens is 320 g/mol. The highest BCUT2D eigenvalue weighted by Gasteiger charge is 2.39. The lowest BCUT2D eigenvalue weighted by atomic mass is 10.1. The minimum absolute atomic E-state index is 0.0599. The molecule has 0 radical (unpaired) electrons. The van der Waals surface area contributed by atoms with Gasteiger partial charge in [0, 0.05) is 0 Å². The van der Waals surface area contributed by atoms with Gasteiger partial charge in [-0.3, -0.25) is 0 Å². The van der Waals surface area contributed by atoms with Crippen LogP contribution in [0, 0.1) is 0 Å². The van der Waals surface area contributed by atoms with Crippen LogP contribution in [0.5, 0.6) is 0 Å². The van der Waals surface area contributed by atoms with E-state index < -0.39 is 24.4 Å². The zero-order chi connectivity index (χ0) is 18.3. The standard InChI is InChI=1S/C20H38O5/c1-2-3-4-5-6-7-8-9-10-11-12-13-14-24-15-18(22)20-19(23)17(21)16-25-20/h11-12,17-23H,2-10,13-16H2,1H3/b12-11+/t17-,18+,19+,20+/m1/s1. The van der Waals surface area contributed by atoms with E-state index in [9.17, 15) is 15.3 Å². The molecule has 1 fully saturated rings. The predicted molar refractivity (Wildman–Crippen MR) is 99.6 cm³/mol. The van der Waals surface area contributed by atoms with Gasteiger partial charge in [0.15, 0.2) is 0 Å². The van der Waals surface area contributed by atoms with Gasteiger partial charge in [0.25, 0.3) is 0 Å². The molecule has 0 spiro atoms. The van der Waals surface area contributed by atoms with Crippen molar-refractivity contribution in [2.24, 2.45) is 0 Å². The molecule has 0 unspecified atom stereocenters. The summed E-state index contributed by atoms with van der Waals surface area (Å²) in [6.45, 7) is 2.96. The molecule has 0 aromatic heterocycles. The Kier molecular flexibility index (Phi) is 13.3. The number of hydrogen-bond acceptors (Lipinski definition) is 5. The zero-order valence-electron chi connectivity index (χ0n) is 15.8. The first-order valence-corrected chi connectivity index (χ1v) is 10.0. The summed E-state index contributed by atoms with van der Waals surface area (Å²) in [7, 11) is 0. The van der Waals surface area contributed by atoms with Crippen LogP contribution < -0.4 is 0 Å². The number of rotatable bonds is 15. The second kappa shape index (κ2) is 14.7. The van der Waals surface area contributed by atoms with Crippen molar-refractivity contribution < 1.29 is 24.8 Å². The molecule has 1 saturated heterocycles. The molecule has 25 heavy (non-hydrogen) atoms. The van der Waals surface area contributed by atoms with Crippen LogP contribution in [-0.2, 0) is 9.47 Å². The van der Waals surface area contributed by atoms with E-state index >= 15 is 0 Å². The van der Waals surface area contributed by atoms with Crippen molar-refractivity contribution in [1.29, 1.82) is 0 Å². The highest BCUT2D eigenvalue weighted by molar-refractivity contribution is 4.88. The highest BCUT2D eigenvalue weighted by atomic mass is 16.5. The maximum atomic E-state index is 9.89. The molecule has 1 aliphatic heterocycles. The van der Waals surface area contributed by atoms with Crippen LogP contribution in [0.25, 0.3) is 0 Å². The van der Waals surface area contributed by atoms with Crippen molar-refractivity contribution in [2.75, 3.05) is 19.8 Å². The molecule has 1 aliphatic rings. The first kappa shape index (κ1) is 22.6. The average molecular weight is 359 g/mol. The molecule has 3 N–H and O–H groups in total. The Morgan fingerprint density at radius 2 is 1.64 bits per heavy atom. The van der Waals surface area contributed by atoms with Crippen molar-refractivity contribution in [1.82, 2.24) is 0 Å². The Morgan fingerprint density at radius 3 is 2.28 bits per heavy atom. The van der Waals surface area contributed by atoms with Crippen molar-refractivity contribution in [2.45, 2.75) is 95.5 Å². The second-order valence-corrected chi connectivity index (χ2v) is 7.02. The number of ether oxygens (including phenoxy) is 2. The molecule has 5 heteroatoms. The maximum Gasteiger partial charge on any atom is 0.114 e. The fourth-order valence-corrected chi connectivity index (χ4v) is 3.05. The van der Waals surface area contributed by atoms with Crippen LogP contribution in [0.15, 0.2) is 12.2 Å². The van der Waals surface area contributed by atoms with Crippen molar-refractivity contribution in [3.8, 4) is 0 Å². The summed E-state index contributed by atoms with van der Waals surface area (Å²) in [5, 5.41) is 28.9. The highest BCUT2D eigenvalue weighted by Crippen LogP contribution is 2.17. The maximum absolute atomic E-state index is 9.89. The number of aliphatic hydroxyl groups excluding tert-OH is 3. The normalized spacial score (nSPS) is 25.0. The summed E-state index contributed by atoms with van der Waals surface area (Å²) < 4.78 is 10.6. The smallest absolute Gasteiger partial charge is 0.114 e. The second-order valence-electron chi connectivity index (χ2n) is 7.02. The monoisotopic (exact) mass is 358 g/mol. The Balaban J connectivity index is 1.87. The minimum Gasteiger partial charge on any atom is -0.388 e.